The van der Waals surface area contributed by atoms with Gasteiger partial charge in [-0.1, -0.05) is 13.8 Å². The molecule has 0 fully saturated rings. The van der Waals surface area contributed by atoms with Gasteiger partial charge in [0.15, 0.2) is 0 Å². The average molecular weight is 214 g/mol. The van der Waals surface area contributed by atoms with Crippen molar-refractivity contribution in [2.75, 3.05) is 0 Å². The van der Waals surface area contributed by atoms with Crippen LogP contribution in [0.25, 0.3) is 0 Å². The van der Waals surface area contributed by atoms with Crippen LogP contribution in [0.2, 0.25) is 0 Å². The van der Waals surface area contributed by atoms with Crippen molar-refractivity contribution in [2.24, 2.45) is 0 Å². The van der Waals surface area contributed by atoms with Gasteiger partial charge in [-0.05, 0) is 40.4 Å². The summed E-state index contributed by atoms with van der Waals surface area (Å²) in [6.07, 6.45) is 3.95. The van der Waals surface area contributed by atoms with Crippen LogP contribution in [0.1, 0.15) is 25.1 Å². The highest BCUT2D eigenvalue weighted by Gasteiger charge is 1.99. The van der Waals surface area contributed by atoms with Gasteiger partial charge in [0.1, 0.15) is 0 Å². The predicted octanol–water partition coefficient (Wildman–Crippen LogP) is 2.97. The van der Waals surface area contributed by atoms with Crippen molar-refractivity contribution in [2.45, 2.75) is 26.7 Å². The van der Waals surface area contributed by atoms with Gasteiger partial charge in [-0.3, -0.25) is 4.98 Å². The first kappa shape index (κ1) is 8.72. The van der Waals surface area contributed by atoms with Gasteiger partial charge in [0.25, 0.3) is 0 Å². The molecule has 0 saturated heterocycles. The van der Waals surface area contributed by atoms with Crippen LogP contribution in [0.4, 0.5) is 0 Å². The molecule has 0 radical (unpaired) electrons. The Balaban J connectivity index is 3.06. The molecular formula is C9H12BrN. The fraction of sp³-hybridized carbons (Fsp3) is 0.444. The molecule has 0 aromatic carbocycles. The van der Waals surface area contributed by atoms with Crippen molar-refractivity contribution in [1.29, 1.82) is 0 Å². The predicted molar refractivity (Wildman–Crippen MR) is 50.7 cm³/mol. The first-order valence-corrected chi connectivity index (χ1v) is 4.70. The van der Waals surface area contributed by atoms with Crippen molar-refractivity contribution in [3.8, 4) is 0 Å². The second-order valence-electron chi connectivity index (χ2n) is 2.47. The van der Waals surface area contributed by atoms with Crippen molar-refractivity contribution in [3.63, 3.8) is 0 Å². The number of nitrogens with zero attached hydrogens (tertiary/aromatic N) is 1. The fourth-order valence-electron chi connectivity index (χ4n) is 1.13. The number of halogens is 1. The van der Waals surface area contributed by atoms with Crippen LogP contribution < -0.4 is 0 Å². The van der Waals surface area contributed by atoms with E-state index in [1.54, 1.807) is 0 Å². The lowest BCUT2D eigenvalue weighted by atomic mass is 10.1. The Morgan fingerprint density at radius 3 is 2.64 bits per heavy atom. The van der Waals surface area contributed by atoms with Gasteiger partial charge in [0.05, 0.1) is 0 Å². The molecule has 0 atom stereocenters. The van der Waals surface area contributed by atoms with Gasteiger partial charge in [-0.2, -0.15) is 0 Å². The molecule has 1 nitrogen and oxygen atoms in total. The summed E-state index contributed by atoms with van der Waals surface area (Å²) in [7, 11) is 0. The summed E-state index contributed by atoms with van der Waals surface area (Å²) < 4.78 is 1.08. The number of aryl methyl sites for hydroxylation is 2. The van der Waals surface area contributed by atoms with Crippen LogP contribution in [-0.4, -0.2) is 4.98 Å². The first-order valence-electron chi connectivity index (χ1n) is 3.91. The van der Waals surface area contributed by atoms with Crippen LogP contribution in [0.3, 0.4) is 0 Å². The lowest BCUT2D eigenvalue weighted by molar-refractivity contribution is 0.960. The molecule has 60 valence electrons. The minimum Gasteiger partial charge on any atom is -0.260 e. The van der Waals surface area contributed by atoms with E-state index < -0.39 is 0 Å². The maximum absolute atomic E-state index is 4.32. The number of hydrogen-bond acceptors (Lipinski definition) is 1. The second kappa shape index (κ2) is 3.86. The van der Waals surface area contributed by atoms with Gasteiger partial charge in [0.2, 0.25) is 0 Å². The van der Waals surface area contributed by atoms with Gasteiger partial charge < -0.3 is 0 Å². The standard InChI is InChI=1S/C9H12BrN/c1-3-7-5-8(10)6-11-9(7)4-2/h5-6H,3-4H2,1-2H3. The number of rotatable bonds is 2. The van der Waals surface area contributed by atoms with E-state index in [4.69, 9.17) is 0 Å². The highest BCUT2D eigenvalue weighted by molar-refractivity contribution is 9.10. The Kier molecular flexibility index (Phi) is 3.06. The number of hydrogen-bond donors (Lipinski definition) is 0. The van der Waals surface area contributed by atoms with Crippen molar-refractivity contribution in [1.82, 2.24) is 4.98 Å². The van der Waals surface area contributed by atoms with E-state index in [9.17, 15) is 0 Å². The third-order valence-electron chi connectivity index (χ3n) is 1.74. The van der Waals surface area contributed by atoms with Crippen molar-refractivity contribution >= 4 is 15.9 Å². The van der Waals surface area contributed by atoms with E-state index in [1.165, 1.54) is 11.3 Å². The molecular weight excluding hydrogens is 202 g/mol. The van der Waals surface area contributed by atoms with Crippen LogP contribution in [0, 0.1) is 0 Å². The van der Waals surface area contributed by atoms with Gasteiger partial charge in [-0.25, -0.2) is 0 Å². The Morgan fingerprint density at radius 1 is 1.36 bits per heavy atom. The zero-order valence-corrected chi connectivity index (χ0v) is 8.48. The minimum atomic E-state index is 1.02. The normalized spacial score (nSPS) is 10.1. The maximum Gasteiger partial charge on any atom is 0.0433 e. The van der Waals surface area contributed by atoms with Gasteiger partial charge >= 0.3 is 0 Å². The van der Waals surface area contributed by atoms with Crippen LogP contribution in [0.15, 0.2) is 16.7 Å². The molecule has 1 rings (SSSR count). The summed E-state index contributed by atoms with van der Waals surface area (Å²) in [5.74, 6) is 0. The Hall–Kier alpha value is -0.370. The molecule has 0 aliphatic rings. The van der Waals surface area contributed by atoms with Gasteiger partial charge in [0, 0.05) is 16.4 Å². The molecule has 0 saturated carbocycles. The Bertz CT molecular complexity index is 245. The summed E-state index contributed by atoms with van der Waals surface area (Å²) in [5.41, 5.74) is 2.57. The molecule has 0 unspecified atom stereocenters. The fourth-order valence-corrected chi connectivity index (χ4v) is 1.51. The largest absolute Gasteiger partial charge is 0.260 e. The van der Waals surface area contributed by atoms with Gasteiger partial charge in [-0.15, -0.1) is 0 Å². The molecule has 0 spiro atoms. The summed E-state index contributed by atoms with van der Waals surface area (Å²) >= 11 is 3.40. The Labute approximate surface area is 76.0 Å². The molecule has 2 heteroatoms. The topological polar surface area (TPSA) is 12.9 Å². The van der Waals surface area contributed by atoms with E-state index >= 15 is 0 Å². The second-order valence-corrected chi connectivity index (χ2v) is 3.38. The Morgan fingerprint density at radius 2 is 2.09 bits per heavy atom. The molecule has 0 amide bonds. The highest BCUT2D eigenvalue weighted by Crippen LogP contribution is 2.14. The molecule has 1 heterocycles. The highest BCUT2D eigenvalue weighted by atomic mass is 79.9. The number of aromatic nitrogens is 1. The van der Waals surface area contributed by atoms with E-state index in [-0.39, 0.29) is 0 Å². The lowest BCUT2D eigenvalue weighted by Crippen LogP contribution is -1.94. The average Bonchev–Trinajstić information content (AvgIpc) is 2.04. The van der Waals surface area contributed by atoms with Crippen LogP contribution in [0.5, 0.6) is 0 Å². The molecule has 0 aliphatic carbocycles. The summed E-state index contributed by atoms with van der Waals surface area (Å²) in [6.45, 7) is 4.29. The van der Waals surface area contributed by atoms with E-state index in [0.717, 1.165) is 17.3 Å². The zero-order chi connectivity index (χ0) is 8.27. The number of pyridine rings is 1. The summed E-state index contributed by atoms with van der Waals surface area (Å²) in [5, 5.41) is 0. The van der Waals surface area contributed by atoms with Crippen molar-refractivity contribution in [3.05, 3.63) is 28.0 Å². The summed E-state index contributed by atoms with van der Waals surface area (Å²) in [4.78, 5) is 4.32. The molecule has 0 N–H and O–H groups in total. The van der Waals surface area contributed by atoms with Crippen molar-refractivity contribution < 1.29 is 0 Å². The molecule has 0 aliphatic heterocycles. The quantitative estimate of drug-likeness (QED) is 0.737. The lowest BCUT2D eigenvalue weighted by Gasteiger charge is -2.03. The van der Waals surface area contributed by atoms with E-state index in [2.05, 4.69) is 40.8 Å². The van der Waals surface area contributed by atoms with Crippen LogP contribution >= 0.6 is 15.9 Å². The van der Waals surface area contributed by atoms with E-state index in [1.807, 2.05) is 6.20 Å². The maximum atomic E-state index is 4.32. The van der Waals surface area contributed by atoms with E-state index in [0.29, 0.717) is 0 Å². The third kappa shape index (κ3) is 2.03. The minimum absolute atomic E-state index is 1.02. The molecule has 1 aromatic heterocycles. The molecule has 0 bridgehead atoms. The molecule has 1 aromatic rings. The monoisotopic (exact) mass is 213 g/mol. The smallest absolute Gasteiger partial charge is 0.0433 e. The third-order valence-corrected chi connectivity index (χ3v) is 2.18. The SMILES string of the molecule is CCc1cc(Br)cnc1CC. The zero-order valence-electron chi connectivity index (χ0n) is 6.89. The summed E-state index contributed by atoms with van der Waals surface area (Å²) in [6, 6.07) is 2.14. The van der Waals surface area contributed by atoms with Crippen LogP contribution in [-0.2, 0) is 12.8 Å². The first-order chi connectivity index (χ1) is 5.27. The molecule has 11 heavy (non-hydrogen) atoms.